The number of carbonyl (C=O) groups is 2. The van der Waals surface area contributed by atoms with Crippen LogP contribution in [0.4, 0.5) is 0 Å². The molecule has 16 heavy (non-hydrogen) atoms. The Bertz CT molecular complexity index is 268. The number of hydrogen-bond acceptors (Lipinski definition) is 3. The molecule has 92 valence electrons. The van der Waals surface area contributed by atoms with Crippen LogP contribution in [0.1, 0.15) is 26.7 Å². The molecule has 1 N–H and O–H groups in total. The van der Waals surface area contributed by atoms with Crippen LogP contribution in [0.3, 0.4) is 0 Å². The zero-order chi connectivity index (χ0) is 12.1. The van der Waals surface area contributed by atoms with E-state index in [0.717, 1.165) is 6.42 Å². The molecule has 0 saturated carbocycles. The van der Waals surface area contributed by atoms with Crippen LogP contribution in [0.5, 0.6) is 0 Å². The third-order valence-corrected chi connectivity index (χ3v) is 2.88. The molecule has 2 unspecified atom stereocenters. The molecular weight excluding hydrogens is 208 g/mol. The SMILES string of the molecule is CCC(COC)N1CCC(=O)NC(C)C1=O. The Morgan fingerprint density at radius 2 is 2.25 bits per heavy atom. The smallest absolute Gasteiger partial charge is 0.245 e. The first-order valence-corrected chi connectivity index (χ1v) is 5.69. The van der Waals surface area contributed by atoms with E-state index < -0.39 is 6.04 Å². The Morgan fingerprint density at radius 3 is 2.81 bits per heavy atom. The molecule has 5 nitrogen and oxygen atoms in total. The average Bonchev–Trinajstić information content (AvgIpc) is 2.37. The first-order valence-electron chi connectivity index (χ1n) is 5.69. The molecule has 0 bridgehead atoms. The average molecular weight is 228 g/mol. The molecule has 0 aromatic rings. The van der Waals surface area contributed by atoms with Gasteiger partial charge >= 0.3 is 0 Å². The molecule has 0 aromatic heterocycles. The Balaban J connectivity index is 2.75. The van der Waals surface area contributed by atoms with Crippen molar-refractivity contribution in [3.63, 3.8) is 0 Å². The van der Waals surface area contributed by atoms with Crippen molar-refractivity contribution in [2.24, 2.45) is 0 Å². The van der Waals surface area contributed by atoms with Gasteiger partial charge in [0.2, 0.25) is 11.8 Å². The lowest BCUT2D eigenvalue weighted by Crippen LogP contribution is -2.48. The summed E-state index contributed by atoms with van der Waals surface area (Å²) < 4.78 is 5.10. The summed E-state index contributed by atoms with van der Waals surface area (Å²) in [4.78, 5) is 25.1. The largest absolute Gasteiger partial charge is 0.383 e. The minimum atomic E-state index is -0.430. The van der Waals surface area contributed by atoms with Crippen molar-refractivity contribution in [3.05, 3.63) is 0 Å². The second-order valence-electron chi connectivity index (χ2n) is 4.09. The van der Waals surface area contributed by atoms with Crippen LogP contribution in [0.25, 0.3) is 0 Å². The standard InChI is InChI=1S/C11H20N2O3/c1-4-9(7-16-3)13-6-5-10(14)12-8(2)11(13)15/h8-9H,4-7H2,1-3H3,(H,12,14). The van der Waals surface area contributed by atoms with Crippen LogP contribution < -0.4 is 5.32 Å². The van der Waals surface area contributed by atoms with Crippen LogP contribution in [0, 0.1) is 0 Å². The summed E-state index contributed by atoms with van der Waals surface area (Å²) in [5.41, 5.74) is 0. The molecular formula is C11H20N2O3. The van der Waals surface area contributed by atoms with E-state index in [2.05, 4.69) is 5.32 Å². The highest BCUT2D eigenvalue weighted by atomic mass is 16.5. The maximum Gasteiger partial charge on any atom is 0.245 e. The fraction of sp³-hybridized carbons (Fsp3) is 0.818. The van der Waals surface area contributed by atoms with E-state index in [1.54, 1.807) is 18.9 Å². The van der Waals surface area contributed by atoms with Crippen molar-refractivity contribution in [1.29, 1.82) is 0 Å². The van der Waals surface area contributed by atoms with Crippen molar-refractivity contribution >= 4 is 11.8 Å². The molecule has 1 rings (SSSR count). The summed E-state index contributed by atoms with van der Waals surface area (Å²) in [5.74, 6) is -0.0784. The maximum absolute atomic E-state index is 12.0. The molecule has 2 atom stereocenters. The number of methoxy groups -OCH3 is 1. The van der Waals surface area contributed by atoms with Gasteiger partial charge in [0.15, 0.2) is 0 Å². The van der Waals surface area contributed by atoms with Gasteiger partial charge in [-0.05, 0) is 13.3 Å². The number of nitrogens with one attached hydrogen (secondary N) is 1. The molecule has 1 fully saturated rings. The summed E-state index contributed by atoms with van der Waals surface area (Å²) >= 11 is 0. The van der Waals surface area contributed by atoms with Gasteiger partial charge in [0.1, 0.15) is 6.04 Å². The number of ether oxygens (including phenoxy) is 1. The number of nitrogens with zero attached hydrogens (tertiary/aromatic N) is 1. The normalized spacial score (nSPS) is 23.9. The van der Waals surface area contributed by atoms with Crippen LogP contribution in [0.15, 0.2) is 0 Å². The predicted octanol–water partition coefficient (Wildman–Crippen LogP) is 0.148. The summed E-state index contributed by atoms with van der Waals surface area (Å²) in [5, 5.41) is 2.67. The molecule has 2 amide bonds. The van der Waals surface area contributed by atoms with Crippen LogP contribution >= 0.6 is 0 Å². The zero-order valence-electron chi connectivity index (χ0n) is 10.2. The van der Waals surface area contributed by atoms with Gasteiger partial charge in [0.25, 0.3) is 0 Å². The topological polar surface area (TPSA) is 58.6 Å². The summed E-state index contributed by atoms with van der Waals surface area (Å²) in [6.45, 7) is 4.74. The first kappa shape index (κ1) is 13.0. The molecule has 1 saturated heterocycles. The third kappa shape index (κ3) is 2.95. The number of carbonyl (C=O) groups excluding carboxylic acids is 2. The van der Waals surface area contributed by atoms with Crippen LogP contribution in [-0.4, -0.2) is 49.1 Å². The Kier molecular flexibility index (Phi) is 4.73. The molecule has 0 radical (unpaired) electrons. The third-order valence-electron chi connectivity index (χ3n) is 2.88. The Labute approximate surface area is 96.1 Å². The van der Waals surface area contributed by atoms with E-state index in [4.69, 9.17) is 4.74 Å². The lowest BCUT2D eigenvalue weighted by Gasteiger charge is -2.30. The predicted molar refractivity (Wildman–Crippen MR) is 59.9 cm³/mol. The number of amides is 2. The summed E-state index contributed by atoms with van der Waals surface area (Å²) in [7, 11) is 1.62. The molecule has 0 aliphatic carbocycles. The lowest BCUT2D eigenvalue weighted by atomic mass is 10.1. The number of rotatable bonds is 4. The van der Waals surface area contributed by atoms with Crippen molar-refractivity contribution in [1.82, 2.24) is 10.2 Å². The summed E-state index contributed by atoms with van der Waals surface area (Å²) in [6.07, 6.45) is 1.21. The quantitative estimate of drug-likeness (QED) is 0.745. The molecule has 1 aliphatic rings. The van der Waals surface area contributed by atoms with Gasteiger partial charge in [0.05, 0.1) is 12.6 Å². The molecule has 0 aromatic carbocycles. The highest BCUT2D eigenvalue weighted by Gasteiger charge is 2.30. The summed E-state index contributed by atoms with van der Waals surface area (Å²) in [6, 6.07) is -0.367. The Hall–Kier alpha value is -1.10. The molecule has 1 aliphatic heterocycles. The van der Waals surface area contributed by atoms with E-state index in [1.165, 1.54) is 0 Å². The van der Waals surface area contributed by atoms with Gasteiger partial charge in [-0.3, -0.25) is 9.59 Å². The van der Waals surface area contributed by atoms with Crippen LogP contribution in [-0.2, 0) is 14.3 Å². The van der Waals surface area contributed by atoms with E-state index in [9.17, 15) is 9.59 Å². The van der Waals surface area contributed by atoms with Gasteiger partial charge in [-0.1, -0.05) is 6.92 Å². The molecule has 1 heterocycles. The second kappa shape index (κ2) is 5.84. The first-order chi connectivity index (χ1) is 7.60. The van der Waals surface area contributed by atoms with Crippen molar-refractivity contribution in [2.75, 3.05) is 20.3 Å². The van der Waals surface area contributed by atoms with Crippen molar-refractivity contribution in [3.8, 4) is 0 Å². The lowest BCUT2D eigenvalue weighted by molar-refractivity contribution is -0.136. The monoisotopic (exact) mass is 228 g/mol. The van der Waals surface area contributed by atoms with Gasteiger partial charge in [-0.25, -0.2) is 0 Å². The van der Waals surface area contributed by atoms with E-state index in [1.807, 2.05) is 6.92 Å². The maximum atomic E-state index is 12.0. The number of hydrogen-bond donors (Lipinski definition) is 1. The van der Waals surface area contributed by atoms with E-state index in [-0.39, 0.29) is 17.9 Å². The fourth-order valence-electron chi connectivity index (χ4n) is 1.94. The van der Waals surface area contributed by atoms with Gasteiger partial charge in [-0.2, -0.15) is 0 Å². The van der Waals surface area contributed by atoms with Crippen molar-refractivity contribution < 1.29 is 14.3 Å². The van der Waals surface area contributed by atoms with Gasteiger partial charge < -0.3 is 15.0 Å². The zero-order valence-corrected chi connectivity index (χ0v) is 10.2. The van der Waals surface area contributed by atoms with Crippen LogP contribution in [0.2, 0.25) is 0 Å². The van der Waals surface area contributed by atoms with Crippen molar-refractivity contribution in [2.45, 2.75) is 38.8 Å². The highest BCUT2D eigenvalue weighted by Crippen LogP contribution is 2.11. The van der Waals surface area contributed by atoms with E-state index in [0.29, 0.717) is 19.6 Å². The second-order valence-corrected chi connectivity index (χ2v) is 4.09. The van der Waals surface area contributed by atoms with Gasteiger partial charge in [0, 0.05) is 20.1 Å². The Morgan fingerprint density at radius 1 is 1.56 bits per heavy atom. The molecule has 0 spiro atoms. The highest BCUT2D eigenvalue weighted by molar-refractivity contribution is 5.89. The molecule has 5 heteroatoms. The minimum absolute atomic E-state index is 0.0187. The fourth-order valence-corrected chi connectivity index (χ4v) is 1.94. The minimum Gasteiger partial charge on any atom is -0.383 e. The van der Waals surface area contributed by atoms with Gasteiger partial charge in [-0.15, -0.1) is 0 Å². The van der Waals surface area contributed by atoms with E-state index >= 15 is 0 Å².